The number of hydrogen-bond acceptors (Lipinski definition) is 2. The van der Waals surface area contributed by atoms with Gasteiger partial charge in [-0.3, -0.25) is 0 Å². The van der Waals surface area contributed by atoms with Crippen LogP contribution in [0.3, 0.4) is 0 Å². The molecule has 5 aromatic rings. The fourth-order valence-corrected chi connectivity index (χ4v) is 3.57. The third kappa shape index (κ3) is 2.44. The summed E-state index contributed by atoms with van der Waals surface area (Å²) < 4.78 is 41.6. The molecule has 27 heavy (non-hydrogen) atoms. The summed E-state index contributed by atoms with van der Waals surface area (Å²) in [7, 11) is 0. The van der Waals surface area contributed by atoms with E-state index in [9.17, 15) is 13.2 Å². The average molecular weight is 363 g/mol. The Morgan fingerprint density at radius 1 is 0.778 bits per heavy atom. The van der Waals surface area contributed by atoms with Gasteiger partial charge in [0.1, 0.15) is 6.33 Å². The van der Waals surface area contributed by atoms with Gasteiger partial charge in [-0.15, -0.1) is 0 Å². The van der Waals surface area contributed by atoms with Crippen LogP contribution in [-0.4, -0.2) is 15.0 Å². The van der Waals surface area contributed by atoms with Crippen molar-refractivity contribution in [2.24, 2.45) is 0 Å². The highest BCUT2D eigenvalue weighted by Gasteiger charge is 2.36. The van der Waals surface area contributed by atoms with E-state index < -0.39 is 11.7 Å². The smallest absolute Gasteiger partial charge is 0.353 e. The molecule has 0 aliphatic rings. The summed E-state index contributed by atoms with van der Waals surface area (Å²) in [5.41, 5.74) is 1.19. The van der Waals surface area contributed by atoms with Gasteiger partial charge in [-0.25, -0.2) is 9.97 Å². The summed E-state index contributed by atoms with van der Waals surface area (Å²) in [4.78, 5) is 11.5. The number of aromatic nitrogens is 3. The van der Waals surface area contributed by atoms with E-state index in [-0.39, 0.29) is 10.9 Å². The van der Waals surface area contributed by atoms with Gasteiger partial charge in [-0.1, -0.05) is 42.5 Å². The molecule has 0 atom stereocenters. The zero-order valence-corrected chi connectivity index (χ0v) is 13.9. The van der Waals surface area contributed by atoms with Crippen molar-refractivity contribution in [2.45, 2.75) is 6.18 Å². The minimum Gasteiger partial charge on any atom is -0.353 e. The quantitative estimate of drug-likeness (QED) is 0.374. The maximum Gasteiger partial charge on any atom is 0.419 e. The van der Waals surface area contributed by atoms with Gasteiger partial charge in [0.25, 0.3) is 0 Å². The van der Waals surface area contributed by atoms with Gasteiger partial charge >= 0.3 is 6.18 Å². The molecule has 0 aliphatic heterocycles. The Bertz CT molecular complexity index is 1290. The molecule has 3 nitrogen and oxygen atoms in total. The molecule has 0 spiro atoms. The predicted octanol–water partition coefficient (Wildman–Crippen LogP) is 5.95. The first-order valence-corrected chi connectivity index (χ1v) is 8.34. The van der Waals surface area contributed by atoms with Crippen molar-refractivity contribution in [3.8, 4) is 11.4 Å². The van der Waals surface area contributed by atoms with E-state index in [2.05, 4.69) is 15.0 Å². The van der Waals surface area contributed by atoms with Crippen molar-refractivity contribution in [1.82, 2.24) is 15.0 Å². The second-order valence-electron chi connectivity index (χ2n) is 6.36. The van der Waals surface area contributed by atoms with Crippen LogP contribution < -0.4 is 0 Å². The molecule has 0 fully saturated rings. The second-order valence-corrected chi connectivity index (χ2v) is 6.36. The van der Waals surface area contributed by atoms with Crippen LogP contribution in [0.1, 0.15) is 5.56 Å². The number of alkyl halides is 3. The van der Waals surface area contributed by atoms with Gasteiger partial charge in [0, 0.05) is 16.3 Å². The number of hydrogen-bond donors (Lipinski definition) is 1. The molecule has 2 aromatic heterocycles. The average Bonchev–Trinajstić information content (AvgIpc) is 3.08. The van der Waals surface area contributed by atoms with E-state index in [0.29, 0.717) is 22.2 Å². The zero-order valence-electron chi connectivity index (χ0n) is 13.9. The number of fused-ring (bicyclic) bond motifs is 3. The SMILES string of the molecule is FC(F)(F)c1c2ccccc2cc2c(-c3cc4ccccc4[nH]3)ncnc12. The highest BCUT2D eigenvalue weighted by molar-refractivity contribution is 6.06. The van der Waals surface area contributed by atoms with Crippen LogP contribution in [0.2, 0.25) is 0 Å². The summed E-state index contributed by atoms with van der Waals surface area (Å²) in [5.74, 6) is 0. The van der Waals surface area contributed by atoms with Gasteiger partial charge in [0.15, 0.2) is 0 Å². The summed E-state index contributed by atoms with van der Waals surface area (Å²) in [6.45, 7) is 0. The van der Waals surface area contributed by atoms with Crippen molar-refractivity contribution in [3.63, 3.8) is 0 Å². The van der Waals surface area contributed by atoms with Crippen LogP contribution in [0.4, 0.5) is 13.2 Å². The lowest BCUT2D eigenvalue weighted by atomic mass is 9.98. The normalized spacial score (nSPS) is 12.3. The number of nitrogens with one attached hydrogen (secondary N) is 1. The van der Waals surface area contributed by atoms with Crippen molar-refractivity contribution in [3.05, 3.63) is 72.6 Å². The number of rotatable bonds is 1. The van der Waals surface area contributed by atoms with Crippen molar-refractivity contribution >= 4 is 32.6 Å². The lowest BCUT2D eigenvalue weighted by Crippen LogP contribution is -2.08. The Hall–Kier alpha value is -3.41. The Kier molecular flexibility index (Phi) is 3.25. The van der Waals surface area contributed by atoms with Crippen LogP contribution in [0, 0.1) is 0 Å². The van der Waals surface area contributed by atoms with Crippen LogP contribution in [0.5, 0.6) is 0 Å². The first-order chi connectivity index (χ1) is 13.0. The van der Waals surface area contributed by atoms with Crippen molar-refractivity contribution in [1.29, 1.82) is 0 Å². The molecule has 0 unspecified atom stereocenters. The molecular weight excluding hydrogens is 351 g/mol. The van der Waals surface area contributed by atoms with Gasteiger partial charge in [-0.05, 0) is 29.0 Å². The molecule has 6 heteroatoms. The third-order valence-electron chi connectivity index (χ3n) is 4.72. The molecule has 0 bridgehead atoms. The number of aromatic amines is 1. The second kappa shape index (κ2) is 5.54. The van der Waals surface area contributed by atoms with Gasteiger partial charge in [-0.2, -0.15) is 13.2 Å². The summed E-state index contributed by atoms with van der Waals surface area (Å²) in [5, 5.41) is 1.98. The first kappa shape index (κ1) is 15.8. The van der Waals surface area contributed by atoms with Crippen molar-refractivity contribution < 1.29 is 13.2 Å². The number of para-hydroxylation sites is 1. The van der Waals surface area contributed by atoms with E-state index in [1.54, 1.807) is 24.3 Å². The monoisotopic (exact) mass is 363 g/mol. The largest absolute Gasteiger partial charge is 0.419 e. The Balaban J connectivity index is 1.91. The van der Waals surface area contributed by atoms with Gasteiger partial charge in [0.05, 0.1) is 22.5 Å². The topological polar surface area (TPSA) is 41.6 Å². The molecule has 1 N–H and O–H groups in total. The van der Waals surface area contributed by atoms with Crippen LogP contribution in [-0.2, 0) is 6.18 Å². The Labute approximate surface area is 151 Å². The lowest BCUT2D eigenvalue weighted by molar-refractivity contribution is -0.135. The molecular formula is C21H12F3N3. The number of H-pyrrole nitrogens is 1. The van der Waals surface area contributed by atoms with E-state index >= 15 is 0 Å². The lowest BCUT2D eigenvalue weighted by Gasteiger charge is -2.14. The molecule has 2 heterocycles. The molecule has 0 aliphatic carbocycles. The number of benzene rings is 3. The molecule has 0 saturated heterocycles. The number of nitrogens with zero attached hydrogens (tertiary/aromatic N) is 2. The van der Waals surface area contributed by atoms with Crippen LogP contribution in [0.15, 0.2) is 67.0 Å². The molecule has 0 radical (unpaired) electrons. The molecule has 3 aromatic carbocycles. The molecule has 5 rings (SSSR count). The first-order valence-electron chi connectivity index (χ1n) is 8.34. The highest BCUT2D eigenvalue weighted by Crippen LogP contribution is 2.41. The van der Waals surface area contributed by atoms with E-state index in [4.69, 9.17) is 0 Å². The molecule has 0 amide bonds. The van der Waals surface area contributed by atoms with Crippen molar-refractivity contribution in [2.75, 3.05) is 0 Å². The summed E-state index contributed by atoms with van der Waals surface area (Å²) >= 11 is 0. The van der Waals surface area contributed by atoms with Gasteiger partial charge in [0.2, 0.25) is 0 Å². The van der Waals surface area contributed by atoms with Crippen LogP contribution in [0.25, 0.3) is 44.0 Å². The minimum atomic E-state index is -4.52. The van der Waals surface area contributed by atoms with E-state index in [0.717, 1.165) is 10.9 Å². The standard InChI is InChI=1S/C21H12F3N3/c22-21(23,24)18-14-7-3-1-5-12(14)9-15-19(25-11-26-20(15)18)17-10-13-6-2-4-8-16(13)27-17/h1-11,27H. The highest BCUT2D eigenvalue weighted by atomic mass is 19.4. The van der Waals surface area contributed by atoms with Gasteiger partial charge < -0.3 is 4.98 Å². The fraction of sp³-hybridized carbons (Fsp3) is 0.0476. The summed E-state index contributed by atoms with van der Waals surface area (Å²) in [6, 6.07) is 17.7. The zero-order chi connectivity index (χ0) is 18.6. The third-order valence-corrected chi connectivity index (χ3v) is 4.72. The Morgan fingerprint density at radius 2 is 1.52 bits per heavy atom. The predicted molar refractivity (Wildman–Crippen MR) is 99.3 cm³/mol. The number of halogens is 3. The van der Waals surface area contributed by atoms with Crippen LogP contribution >= 0.6 is 0 Å². The van der Waals surface area contributed by atoms with E-state index in [1.807, 2.05) is 30.3 Å². The fourth-order valence-electron chi connectivity index (χ4n) is 3.57. The maximum atomic E-state index is 13.9. The van der Waals surface area contributed by atoms with E-state index in [1.165, 1.54) is 12.4 Å². The molecule has 132 valence electrons. The Morgan fingerprint density at radius 3 is 2.30 bits per heavy atom. The summed E-state index contributed by atoms with van der Waals surface area (Å²) in [6.07, 6.45) is -3.33. The maximum absolute atomic E-state index is 13.9. The minimum absolute atomic E-state index is 0.0927. The molecule has 0 saturated carbocycles.